The molecule has 5 heteroatoms. The fraction of sp³-hybridized carbons (Fsp3) is 0.333. The van der Waals surface area contributed by atoms with Crippen LogP contribution in [0, 0.1) is 11.6 Å². The van der Waals surface area contributed by atoms with E-state index < -0.39 is 11.6 Å². The van der Waals surface area contributed by atoms with Gasteiger partial charge in [0.2, 0.25) is 0 Å². The molecule has 0 unspecified atom stereocenters. The average molecular weight is 337 g/mol. The predicted molar refractivity (Wildman–Crippen MR) is 88.4 cm³/mol. The molecule has 2 aromatic carbocycles. The van der Waals surface area contributed by atoms with Crippen molar-refractivity contribution in [2.45, 2.75) is 13.1 Å². The van der Waals surface area contributed by atoms with Crippen LogP contribution in [0.4, 0.5) is 8.78 Å². The molecule has 1 saturated heterocycles. The maximum absolute atomic E-state index is 13.3. The number of piperazine rings is 1. The molecule has 2 nitrogen and oxygen atoms in total. The minimum Gasteiger partial charge on any atom is -0.297 e. The van der Waals surface area contributed by atoms with E-state index >= 15 is 0 Å². The number of benzene rings is 2. The molecule has 0 bridgehead atoms. The lowest BCUT2D eigenvalue weighted by molar-refractivity contribution is 0.122. The van der Waals surface area contributed by atoms with Gasteiger partial charge in [0, 0.05) is 44.3 Å². The van der Waals surface area contributed by atoms with Crippen molar-refractivity contribution in [1.29, 1.82) is 0 Å². The van der Waals surface area contributed by atoms with E-state index in [1.807, 2.05) is 18.2 Å². The summed E-state index contributed by atoms with van der Waals surface area (Å²) in [6.45, 7) is 5.19. The molecule has 1 heterocycles. The molecule has 122 valence electrons. The first-order valence-corrected chi connectivity index (χ1v) is 8.11. The molecule has 23 heavy (non-hydrogen) atoms. The minimum absolute atomic E-state index is 0.650. The van der Waals surface area contributed by atoms with Gasteiger partial charge >= 0.3 is 0 Å². The Morgan fingerprint density at radius 2 is 1.48 bits per heavy atom. The third-order valence-corrected chi connectivity index (χ3v) is 4.58. The van der Waals surface area contributed by atoms with Crippen LogP contribution in [-0.2, 0) is 13.1 Å². The van der Waals surface area contributed by atoms with Crippen LogP contribution < -0.4 is 0 Å². The molecule has 0 atom stereocenters. The molecule has 0 saturated carbocycles. The van der Waals surface area contributed by atoms with Crippen LogP contribution in [0.25, 0.3) is 0 Å². The van der Waals surface area contributed by atoms with E-state index in [0.717, 1.165) is 48.9 Å². The van der Waals surface area contributed by atoms with Crippen molar-refractivity contribution in [1.82, 2.24) is 9.80 Å². The summed E-state index contributed by atoms with van der Waals surface area (Å²) < 4.78 is 26.2. The highest BCUT2D eigenvalue weighted by molar-refractivity contribution is 6.31. The second-order valence-electron chi connectivity index (χ2n) is 5.89. The lowest BCUT2D eigenvalue weighted by Crippen LogP contribution is -2.45. The van der Waals surface area contributed by atoms with Crippen molar-refractivity contribution in [3.05, 3.63) is 70.2 Å². The molecule has 0 radical (unpaired) electrons. The van der Waals surface area contributed by atoms with Crippen molar-refractivity contribution in [2.24, 2.45) is 0 Å². The highest BCUT2D eigenvalue weighted by atomic mass is 35.5. The lowest BCUT2D eigenvalue weighted by Gasteiger charge is -2.34. The van der Waals surface area contributed by atoms with Gasteiger partial charge < -0.3 is 0 Å². The SMILES string of the molecule is Fc1ccc(CN2CCN(Cc3ccccc3Cl)CC2)cc1F. The van der Waals surface area contributed by atoms with Gasteiger partial charge in [-0.2, -0.15) is 0 Å². The molecular formula is C18H19ClF2N2. The van der Waals surface area contributed by atoms with Gasteiger partial charge in [0.1, 0.15) is 0 Å². The predicted octanol–water partition coefficient (Wildman–Crippen LogP) is 3.94. The molecular weight excluding hydrogens is 318 g/mol. The molecule has 0 aromatic heterocycles. The summed E-state index contributed by atoms with van der Waals surface area (Å²) in [4.78, 5) is 4.62. The summed E-state index contributed by atoms with van der Waals surface area (Å²) in [6, 6.07) is 12.0. The molecule has 1 fully saturated rings. The Morgan fingerprint density at radius 3 is 2.13 bits per heavy atom. The van der Waals surface area contributed by atoms with Crippen LogP contribution >= 0.6 is 11.6 Å². The molecule has 3 rings (SSSR count). The van der Waals surface area contributed by atoms with E-state index in [9.17, 15) is 8.78 Å². The minimum atomic E-state index is -0.793. The second-order valence-corrected chi connectivity index (χ2v) is 6.30. The maximum atomic E-state index is 13.3. The van der Waals surface area contributed by atoms with Crippen molar-refractivity contribution < 1.29 is 8.78 Å². The van der Waals surface area contributed by atoms with Gasteiger partial charge in [-0.25, -0.2) is 8.78 Å². The van der Waals surface area contributed by atoms with Crippen molar-refractivity contribution in [3.8, 4) is 0 Å². The Balaban J connectivity index is 1.52. The second kappa shape index (κ2) is 7.39. The van der Waals surface area contributed by atoms with Gasteiger partial charge in [-0.1, -0.05) is 35.9 Å². The first kappa shape index (κ1) is 16.4. The fourth-order valence-electron chi connectivity index (χ4n) is 2.87. The molecule has 0 spiro atoms. The Kier molecular flexibility index (Phi) is 5.26. The van der Waals surface area contributed by atoms with E-state index in [0.29, 0.717) is 6.54 Å². The molecule has 0 N–H and O–H groups in total. The quantitative estimate of drug-likeness (QED) is 0.834. The number of hydrogen-bond acceptors (Lipinski definition) is 2. The molecule has 0 aliphatic carbocycles. The number of nitrogens with zero attached hydrogens (tertiary/aromatic N) is 2. The van der Waals surface area contributed by atoms with E-state index in [4.69, 9.17) is 11.6 Å². The standard InChI is InChI=1S/C18H19ClF2N2/c19-16-4-2-1-3-15(16)13-23-9-7-22(8-10-23)12-14-5-6-17(20)18(21)11-14/h1-6,11H,7-10,12-13H2. The monoisotopic (exact) mass is 336 g/mol. The van der Waals surface area contributed by atoms with Crippen LogP contribution in [0.3, 0.4) is 0 Å². The number of hydrogen-bond donors (Lipinski definition) is 0. The Labute approximate surface area is 140 Å². The zero-order valence-corrected chi connectivity index (χ0v) is 13.6. The van der Waals surface area contributed by atoms with Crippen LogP contribution in [0.15, 0.2) is 42.5 Å². The van der Waals surface area contributed by atoms with Crippen molar-refractivity contribution in [2.75, 3.05) is 26.2 Å². The van der Waals surface area contributed by atoms with Gasteiger partial charge in [0.25, 0.3) is 0 Å². The van der Waals surface area contributed by atoms with Crippen molar-refractivity contribution in [3.63, 3.8) is 0 Å². The maximum Gasteiger partial charge on any atom is 0.159 e. The Hall–Kier alpha value is -1.49. The first-order chi connectivity index (χ1) is 11.1. The summed E-state index contributed by atoms with van der Waals surface area (Å²) in [5.41, 5.74) is 1.95. The van der Waals surface area contributed by atoms with Gasteiger partial charge in [-0.05, 0) is 29.3 Å². The highest BCUT2D eigenvalue weighted by Gasteiger charge is 2.18. The average Bonchev–Trinajstić information content (AvgIpc) is 2.55. The molecule has 0 amide bonds. The van der Waals surface area contributed by atoms with Crippen LogP contribution in [0.5, 0.6) is 0 Å². The van der Waals surface area contributed by atoms with Gasteiger partial charge in [0.15, 0.2) is 11.6 Å². The molecule has 1 aliphatic rings. The van der Waals surface area contributed by atoms with Gasteiger partial charge in [-0.15, -0.1) is 0 Å². The zero-order valence-electron chi connectivity index (χ0n) is 12.8. The third kappa shape index (κ3) is 4.28. The summed E-state index contributed by atoms with van der Waals surface area (Å²) in [7, 11) is 0. The number of rotatable bonds is 4. The summed E-state index contributed by atoms with van der Waals surface area (Å²) in [5.74, 6) is -1.57. The topological polar surface area (TPSA) is 6.48 Å². The van der Waals surface area contributed by atoms with E-state index in [2.05, 4.69) is 15.9 Å². The van der Waals surface area contributed by atoms with E-state index in [-0.39, 0.29) is 0 Å². The third-order valence-electron chi connectivity index (χ3n) is 4.21. The normalized spacial score (nSPS) is 16.7. The Bertz CT molecular complexity index is 670. The van der Waals surface area contributed by atoms with Crippen LogP contribution in [-0.4, -0.2) is 36.0 Å². The zero-order chi connectivity index (χ0) is 16.2. The smallest absolute Gasteiger partial charge is 0.159 e. The first-order valence-electron chi connectivity index (χ1n) is 7.74. The van der Waals surface area contributed by atoms with Crippen LogP contribution in [0.1, 0.15) is 11.1 Å². The van der Waals surface area contributed by atoms with Crippen LogP contribution in [0.2, 0.25) is 5.02 Å². The summed E-state index contributed by atoms with van der Waals surface area (Å²) >= 11 is 6.20. The molecule has 1 aliphatic heterocycles. The summed E-state index contributed by atoms with van der Waals surface area (Å²) in [6.07, 6.45) is 0. The fourth-order valence-corrected chi connectivity index (χ4v) is 3.06. The van der Waals surface area contributed by atoms with Gasteiger partial charge in [-0.3, -0.25) is 9.80 Å². The highest BCUT2D eigenvalue weighted by Crippen LogP contribution is 2.18. The van der Waals surface area contributed by atoms with E-state index in [1.54, 1.807) is 6.07 Å². The Morgan fingerprint density at radius 1 is 0.826 bits per heavy atom. The van der Waals surface area contributed by atoms with E-state index in [1.165, 1.54) is 12.1 Å². The largest absolute Gasteiger partial charge is 0.297 e. The van der Waals surface area contributed by atoms with Crippen molar-refractivity contribution >= 4 is 11.6 Å². The number of halogens is 3. The van der Waals surface area contributed by atoms with Gasteiger partial charge in [0.05, 0.1) is 0 Å². The summed E-state index contributed by atoms with van der Waals surface area (Å²) in [5, 5.41) is 0.803. The lowest BCUT2D eigenvalue weighted by atomic mass is 10.1. The molecule has 2 aromatic rings.